The topological polar surface area (TPSA) is 15.3 Å². The van der Waals surface area contributed by atoms with Crippen LogP contribution in [-0.2, 0) is 6.42 Å². The van der Waals surface area contributed by atoms with Crippen LogP contribution in [0, 0.1) is 5.92 Å². The van der Waals surface area contributed by atoms with Gasteiger partial charge in [-0.15, -0.1) is 11.3 Å². The average molecular weight is 292 g/mol. The first-order chi connectivity index (χ1) is 9.79. The van der Waals surface area contributed by atoms with E-state index in [-0.39, 0.29) is 0 Å². The number of nitrogens with zero attached hydrogens (tertiary/aromatic N) is 1. The van der Waals surface area contributed by atoms with E-state index in [1.165, 1.54) is 45.2 Å². The number of hydrogen-bond acceptors (Lipinski definition) is 3. The molecule has 0 aromatic carbocycles. The van der Waals surface area contributed by atoms with E-state index in [1.807, 2.05) is 11.3 Å². The smallest absolute Gasteiger partial charge is 0.0331 e. The molecule has 0 amide bonds. The molecule has 1 N–H and O–H groups in total. The predicted molar refractivity (Wildman–Crippen MR) is 87.4 cm³/mol. The van der Waals surface area contributed by atoms with E-state index in [1.54, 1.807) is 10.4 Å². The predicted octanol–water partition coefficient (Wildman–Crippen LogP) is 3.84. The van der Waals surface area contributed by atoms with Crippen LogP contribution in [0.3, 0.4) is 0 Å². The van der Waals surface area contributed by atoms with Crippen molar-refractivity contribution < 1.29 is 0 Å². The molecule has 1 aromatic rings. The summed E-state index contributed by atoms with van der Waals surface area (Å²) in [5, 5.41) is 6.00. The molecular formula is C17H28N2S. The van der Waals surface area contributed by atoms with E-state index in [4.69, 9.17) is 0 Å². The second kappa shape index (κ2) is 6.59. The number of fused-ring (bicyclic) bond motifs is 1. The first-order valence-corrected chi connectivity index (χ1v) is 9.21. The molecule has 1 aromatic heterocycles. The van der Waals surface area contributed by atoms with Crippen molar-refractivity contribution in [2.45, 2.75) is 58.0 Å². The summed E-state index contributed by atoms with van der Waals surface area (Å²) < 4.78 is 0. The quantitative estimate of drug-likeness (QED) is 0.907. The normalized spacial score (nSPS) is 31.2. The summed E-state index contributed by atoms with van der Waals surface area (Å²) in [4.78, 5) is 4.36. The fourth-order valence-electron chi connectivity index (χ4n) is 4.07. The highest BCUT2D eigenvalue weighted by molar-refractivity contribution is 7.10. The van der Waals surface area contributed by atoms with Gasteiger partial charge in [0.05, 0.1) is 0 Å². The van der Waals surface area contributed by atoms with Crippen molar-refractivity contribution in [1.82, 2.24) is 10.2 Å². The summed E-state index contributed by atoms with van der Waals surface area (Å²) in [6.45, 7) is 8.30. The zero-order chi connectivity index (χ0) is 13.9. The highest BCUT2D eigenvalue weighted by Gasteiger charge is 2.30. The summed E-state index contributed by atoms with van der Waals surface area (Å²) in [6.07, 6.45) is 6.90. The Kier molecular flexibility index (Phi) is 4.79. The van der Waals surface area contributed by atoms with Crippen LogP contribution < -0.4 is 5.32 Å². The molecule has 3 unspecified atom stereocenters. The molecule has 0 spiro atoms. The third-order valence-corrected chi connectivity index (χ3v) is 6.24. The molecule has 1 saturated carbocycles. The van der Waals surface area contributed by atoms with Gasteiger partial charge in [0.25, 0.3) is 0 Å². The first-order valence-electron chi connectivity index (χ1n) is 8.33. The molecule has 2 heterocycles. The van der Waals surface area contributed by atoms with E-state index in [0.717, 1.165) is 18.5 Å². The molecule has 0 bridgehead atoms. The Morgan fingerprint density at radius 3 is 3.05 bits per heavy atom. The molecule has 1 fully saturated rings. The van der Waals surface area contributed by atoms with Gasteiger partial charge in [-0.1, -0.05) is 19.8 Å². The van der Waals surface area contributed by atoms with Gasteiger partial charge in [0.2, 0.25) is 0 Å². The highest BCUT2D eigenvalue weighted by atomic mass is 32.1. The van der Waals surface area contributed by atoms with Crippen LogP contribution in [0.25, 0.3) is 0 Å². The van der Waals surface area contributed by atoms with E-state index in [0.29, 0.717) is 6.04 Å². The zero-order valence-electron chi connectivity index (χ0n) is 12.9. The largest absolute Gasteiger partial charge is 0.314 e. The Hall–Kier alpha value is -0.380. The highest BCUT2D eigenvalue weighted by Crippen LogP contribution is 2.35. The van der Waals surface area contributed by atoms with Gasteiger partial charge >= 0.3 is 0 Å². The third kappa shape index (κ3) is 2.95. The average Bonchev–Trinajstić information content (AvgIpc) is 2.93. The number of rotatable bonds is 4. The number of hydrogen-bond donors (Lipinski definition) is 1. The fourth-order valence-corrected chi connectivity index (χ4v) is 5.03. The van der Waals surface area contributed by atoms with Gasteiger partial charge in [-0.2, -0.15) is 0 Å². The molecule has 20 heavy (non-hydrogen) atoms. The SMILES string of the molecule is CCNC1CCCCC1CN1CCc2sccc2C1C. The van der Waals surface area contributed by atoms with Crippen LogP contribution in [0.2, 0.25) is 0 Å². The Balaban J connectivity index is 1.65. The second-order valence-corrected chi connectivity index (χ2v) is 7.43. The summed E-state index contributed by atoms with van der Waals surface area (Å²) in [5.74, 6) is 0.853. The van der Waals surface area contributed by atoms with Gasteiger partial charge in [0, 0.05) is 30.1 Å². The third-order valence-electron chi connectivity index (χ3n) is 5.25. The molecule has 2 aliphatic rings. The molecule has 1 aliphatic heterocycles. The maximum absolute atomic E-state index is 3.73. The zero-order valence-corrected chi connectivity index (χ0v) is 13.7. The minimum absolute atomic E-state index is 0.620. The van der Waals surface area contributed by atoms with Crippen LogP contribution in [0.15, 0.2) is 11.4 Å². The molecular weight excluding hydrogens is 264 g/mol. The molecule has 112 valence electrons. The number of nitrogens with one attached hydrogen (secondary N) is 1. The maximum atomic E-state index is 3.73. The lowest BCUT2D eigenvalue weighted by Crippen LogP contribution is -2.46. The fraction of sp³-hybridized carbons (Fsp3) is 0.765. The van der Waals surface area contributed by atoms with Crippen molar-refractivity contribution in [3.63, 3.8) is 0 Å². The number of thiophene rings is 1. The van der Waals surface area contributed by atoms with Gasteiger partial charge in [-0.25, -0.2) is 0 Å². The van der Waals surface area contributed by atoms with Crippen LogP contribution in [0.1, 0.15) is 56.0 Å². The Morgan fingerprint density at radius 1 is 1.35 bits per heavy atom. The Morgan fingerprint density at radius 2 is 2.20 bits per heavy atom. The monoisotopic (exact) mass is 292 g/mol. The van der Waals surface area contributed by atoms with Gasteiger partial charge < -0.3 is 5.32 Å². The van der Waals surface area contributed by atoms with Crippen molar-refractivity contribution in [3.8, 4) is 0 Å². The molecule has 1 aliphatic carbocycles. The van der Waals surface area contributed by atoms with Crippen molar-refractivity contribution >= 4 is 11.3 Å². The lowest BCUT2D eigenvalue weighted by atomic mass is 9.83. The van der Waals surface area contributed by atoms with E-state index in [9.17, 15) is 0 Å². The van der Waals surface area contributed by atoms with Gasteiger partial charge in [0.1, 0.15) is 0 Å². The van der Waals surface area contributed by atoms with Crippen molar-refractivity contribution in [3.05, 3.63) is 21.9 Å². The molecule has 2 nitrogen and oxygen atoms in total. The standard InChI is InChI=1S/C17H28N2S/c1-3-18-16-7-5-4-6-14(16)12-19-10-8-17-15(13(19)2)9-11-20-17/h9,11,13-14,16,18H,3-8,10,12H2,1-2H3. The summed E-state index contributed by atoms with van der Waals surface area (Å²) in [6, 6.07) is 3.72. The van der Waals surface area contributed by atoms with Crippen LogP contribution in [0.4, 0.5) is 0 Å². The van der Waals surface area contributed by atoms with Gasteiger partial charge in [0.15, 0.2) is 0 Å². The van der Waals surface area contributed by atoms with Gasteiger partial charge in [-0.3, -0.25) is 4.90 Å². The van der Waals surface area contributed by atoms with Crippen molar-refractivity contribution in [2.24, 2.45) is 5.92 Å². The molecule has 0 radical (unpaired) electrons. The summed E-state index contributed by atoms with van der Waals surface area (Å²) in [7, 11) is 0. The van der Waals surface area contributed by atoms with Crippen molar-refractivity contribution in [2.75, 3.05) is 19.6 Å². The molecule has 0 saturated heterocycles. The van der Waals surface area contributed by atoms with Crippen molar-refractivity contribution in [1.29, 1.82) is 0 Å². The summed E-state index contributed by atoms with van der Waals surface area (Å²) >= 11 is 1.95. The Labute approximate surface area is 127 Å². The summed E-state index contributed by atoms with van der Waals surface area (Å²) in [5.41, 5.74) is 1.59. The van der Waals surface area contributed by atoms with Crippen LogP contribution in [0.5, 0.6) is 0 Å². The van der Waals surface area contributed by atoms with E-state index < -0.39 is 0 Å². The lowest BCUT2D eigenvalue weighted by Gasteiger charge is -2.40. The first kappa shape index (κ1) is 14.6. The minimum Gasteiger partial charge on any atom is -0.314 e. The van der Waals surface area contributed by atoms with Crippen LogP contribution >= 0.6 is 11.3 Å². The van der Waals surface area contributed by atoms with E-state index >= 15 is 0 Å². The minimum atomic E-state index is 0.620. The maximum Gasteiger partial charge on any atom is 0.0331 e. The molecule has 3 heteroatoms. The molecule has 3 rings (SSSR count). The van der Waals surface area contributed by atoms with E-state index in [2.05, 4.69) is 35.5 Å². The second-order valence-electron chi connectivity index (χ2n) is 6.43. The Bertz CT molecular complexity index is 426. The van der Waals surface area contributed by atoms with Gasteiger partial charge in [-0.05, 0) is 55.7 Å². The lowest BCUT2D eigenvalue weighted by molar-refractivity contribution is 0.130. The van der Waals surface area contributed by atoms with Crippen LogP contribution in [-0.4, -0.2) is 30.6 Å². The molecule has 3 atom stereocenters.